The van der Waals surface area contributed by atoms with E-state index in [1.54, 1.807) is 0 Å². The molecule has 0 saturated carbocycles. The SMILES string of the molecule is Cc1ccc(CNCCCNC(C)(C)C)c(C)c1. The molecule has 0 aliphatic rings. The first kappa shape index (κ1) is 15.2. The largest absolute Gasteiger partial charge is 0.313 e. The molecule has 1 aromatic rings. The molecule has 1 aromatic carbocycles. The zero-order chi connectivity index (χ0) is 13.6. The van der Waals surface area contributed by atoms with E-state index in [4.69, 9.17) is 0 Å². The van der Waals surface area contributed by atoms with Crippen LogP contribution in [0.25, 0.3) is 0 Å². The molecule has 0 bridgehead atoms. The van der Waals surface area contributed by atoms with Gasteiger partial charge in [-0.15, -0.1) is 0 Å². The van der Waals surface area contributed by atoms with Crippen molar-refractivity contribution in [2.75, 3.05) is 13.1 Å². The normalized spacial score (nSPS) is 11.8. The van der Waals surface area contributed by atoms with Crippen molar-refractivity contribution in [1.82, 2.24) is 10.6 Å². The van der Waals surface area contributed by atoms with Crippen molar-refractivity contribution < 1.29 is 0 Å². The molecule has 0 fully saturated rings. The molecule has 18 heavy (non-hydrogen) atoms. The van der Waals surface area contributed by atoms with Gasteiger partial charge in [-0.3, -0.25) is 0 Å². The summed E-state index contributed by atoms with van der Waals surface area (Å²) in [5.74, 6) is 0. The zero-order valence-corrected chi connectivity index (χ0v) is 12.6. The molecule has 0 unspecified atom stereocenters. The molecule has 0 aliphatic carbocycles. The molecule has 0 aliphatic heterocycles. The minimum atomic E-state index is 0.230. The van der Waals surface area contributed by atoms with E-state index in [-0.39, 0.29) is 5.54 Å². The number of hydrogen-bond donors (Lipinski definition) is 2. The highest BCUT2D eigenvalue weighted by Gasteiger charge is 2.06. The molecule has 2 nitrogen and oxygen atoms in total. The summed E-state index contributed by atoms with van der Waals surface area (Å²) >= 11 is 0. The summed E-state index contributed by atoms with van der Waals surface area (Å²) in [6.45, 7) is 14.1. The van der Waals surface area contributed by atoms with Crippen LogP contribution in [0.3, 0.4) is 0 Å². The highest BCUT2D eigenvalue weighted by molar-refractivity contribution is 5.30. The molecule has 0 saturated heterocycles. The number of hydrogen-bond acceptors (Lipinski definition) is 2. The van der Waals surface area contributed by atoms with Gasteiger partial charge in [0, 0.05) is 12.1 Å². The van der Waals surface area contributed by atoms with Gasteiger partial charge >= 0.3 is 0 Å². The van der Waals surface area contributed by atoms with Crippen LogP contribution in [0, 0.1) is 13.8 Å². The fraction of sp³-hybridized carbons (Fsp3) is 0.625. The van der Waals surface area contributed by atoms with Crippen molar-refractivity contribution >= 4 is 0 Å². The fourth-order valence-corrected chi connectivity index (χ4v) is 1.94. The summed E-state index contributed by atoms with van der Waals surface area (Å²) in [6, 6.07) is 6.66. The van der Waals surface area contributed by atoms with E-state index in [0.29, 0.717) is 0 Å². The van der Waals surface area contributed by atoms with Crippen LogP contribution < -0.4 is 10.6 Å². The second kappa shape index (κ2) is 6.91. The van der Waals surface area contributed by atoms with Crippen molar-refractivity contribution in [2.24, 2.45) is 0 Å². The smallest absolute Gasteiger partial charge is 0.0208 e. The maximum Gasteiger partial charge on any atom is 0.0208 e. The quantitative estimate of drug-likeness (QED) is 0.756. The summed E-state index contributed by atoms with van der Waals surface area (Å²) in [4.78, 5) is 0. The second-order valence-corrected chi connectivity index (χ2v) is 6.14. The topological polar surface area (TPSA) is 24.1 Å². The van der Waals surface area contributed by atoms with Crippen LogP contribution in [0.15, 0.2) is 18.2 Å². The summed E-state index contributed by atoms with van der Waals surface area (Å²) < 4.78 is 0. The summed E-state index contributed by atoms with van der Waals surface area (Å²) in [5, 5.41) is 7.01. The Bertz CT molecular complexity index is 364. The van der Waals surface area contributed by atoms with E-state index in [1.165, 1.54) is 23.1 Å². The highest BCUT2D eigenvalue weighted by atomic mass is 14.9. The van der Waals surface area contributed by atoms with E-state index in [9.17, 15) is 0 Å². The molecule has 0 radical (unpaired) electrons. The second-order valence-electron chi connectivity index (χ2n) is 6.14. The lowest BCUT2D eigenvalue weighted by Crippen LogP contribution is -2.37. The third kappa shape index (κ3) is 6.18. The third-order valence-electron chi connectivity index (χ3n) is 3.00. The van der Waals surface area contributed by atoms with Gasteiger partial charge in [-0.05, 0) is 65.3 Å². The minimum Gasteiger partial charge on any atom is -0.313 e. The summed E-state index contributed by atoms with van der Waals surface area (Å²) in [5.41, 5.74) is 4.36. The average molecular weight is 248 g/mol. The average Bonchev–Trinajstić information content (AvgIpc) is 2.24. The third-order valence-corrected chi connectivity index (χ3v) is 3.00. The number of benzene rings is 1. The van der Waals surface area contributed by atoms with Crippen LogP contribution in [0.2, 0.25) is 0 Å². The van der Waals surface area contributed by atoms with Crippen molar-refractivity contribution in [3.63, 3.8) is 0 Å². The van der Waals surface area contributed by atoms with Crippen LogP contribution in [-0.2, 0) is 6.54 Å². The highest BCUT2D eigenvalue weighted by Crippen LogP contribution is 2.09. The van der Waals surface area contributed by atoms with Crippen molar-refractivity contribution in [2.45, 2.75) is 53.1 Å². The van der Waals surface area contributed by atoms with Crippen LogP contribution >= 0.6 is 0 Å². The van der Waals surface area contributed by atoms with Gasteiger partial charge in [0.1, 0.15) is 0 Å². The van der Waals surface area contributed by atoms with Crippen molar-refractivity contribution in [3.8, 4) is 0 Å². The Balaban J connectivity index is 2.18. The van der Waals surface area contributed by atoms with Crippen LogP contribution in [-0.4, -0.2) is 18.6 Å². The van der Waals surface area contributed by atoms with Gasteiger partial charge in [0.25, 0.3) is 0 Å². The number of nitrogens with one attached hydrogen (secondary N) is 2. The molecule has 0 amide bonds. The Labute approximate surface area is 112 Å². The number of aryl methyl sites for hydroxylation is 2. The molecule has 102 valence electrons. The van der Waals surface area contributed by atoms with Crippen LogP contribution in [0.4, 0.5) is 0 Å². The lowest BCUT2D eigenvalue weighted by molar-refractivity contribution is 0.418. The Kier molecular flexibility index (Phi) is 5.83. The van der Waals surface area contributed by atoms with Gasteiger partial charge in [-0.25, -0.2) is 0 Å². The summed E-state index contributed by atoms with van der Waals surface area (Å²) in [6.07, 6.45) is 1.17. The molecule has 1 rings (SSSR count). The Hall–Kier alpha value is -0.860. The number of rotatable bonds is 6. The lowest BCUT2D eigenvalue weighted by Gasteiger charge is -2.20. The van der Waals surface area contributed by atoms with Gasteiger partial charge in [-0.2, -0.15) is 0 Å². The van der Waals surface area contributed by atoms with E-state index in [0.717, 1.165) is 19.6 Å². The van der Waals surface area contributed by atoms with Crippen LogP contribution in [0.1, 0.15) is 43.9 Å². The van der Waals surface area contributed by atoms with Gasteiger partial charge in [0.05, 0.1) is 0 Å². The lowest BCUT2D eigenvalue weighted by atomic mass is 10.1. The van der Waals surface area contributed by atoms with E-state index >= 15 is 0 Å². The predicted octanol–water partition coefficient (Wildman–Crippen LogP) is 3.17. The molecule has 0 aromatic heterocycles. The zero-order valence-electron chi connectivity index (χ0n) is 12.6. The van der Waals surface area contributed by atoms with Gasteiger partial charge < -0.3 is 10.6 Å². The molecule has 0 heterocycles. The first-order valence-electron chi connectivity index (χ1n) is 6.90. The monoisotopic (exact) mass is 248 g/mol. The molecule has 2 N–H and O–H groups in total. The van der Waals surface area contributed by atoms with Crippen molar-refractivity contribution in [1.29, 1.82) is 0 Å². The fourth-order valence-electron chi connectivity index (χ4n) is 1.94. The molecule has 2 heteroatoms. The Morgan fingerprint density at radius 1 is 1.06 bits per heavy atom. The van der Waals surface area contributed by atoms with Crippen LogP contribution in [0.5, 0.6) is 0 Å². The first-order valence-corrected chi connectivity index (χ1v) is 6.90. The molecule has 0 atom stereocenters. The Morgan fingerprint density at radius 2 is 1.78 bits per heavy atom. The van der Waals surface area contributed by atoms with E-state index in [2.05, 4.69) is 63.5 Å². The van der Waals surface area contributed by atoms with E-state index in [1.807, 2.05) is 0 Å². The van der Waals surface area contributed by atoms with Crippen molar-refractivity contribution in [3.05, 3.63) is 34.9 Å². The maximum absolute atomic E-state index is 3.51. The molecular formula is C16H28N2. The first-order chi connectivity index (χ1) is 8.38. The summed E-state index contributed by atoms with van der Waals surface area (Å²) in [7, 11) is 0. The molecule has 0 spiro atoms. The minimum absolute atomic E-state index is 0.230. The maximum atomic E-state index is 3.51. The van der Waals surface area contributed by atoms with Gasteiger partial charge in [0.15, 0.2) is 0 Å². The van der Waals surface area contributed by atoms with Gasteiger partial charge in [0.2, 0.25) is 0 Å². The molecular weight excluding hydrogens is 220 g/mol. The standard InChI is InChI=1S/C16H28N2/c1-13-7-8-15(14(2)11-13)12-17-9-6-10-18-16(3,4)5/h7-8,11,17-18H,6,9-10,12H2,1-5H3. The Morgan fingerprint density at radius 3 is 2.39 bits per heavy atom. The predicted molar refractivity (Wildman–Crippen MR) is 80.0 cm³/mol. The van der Waals surface area contributed by atoms with E-state index < -0.39 is 0 Å². The van der Waals surface area contributed by atoms with Gasteiger partial charge in [-0.1, -0.05) is 23.8 Å².